The lowest BCUT2D eigenvalue weighted by molar-refractivity contribution is -0.386. The first-order chi connectivity index (χ1) is 6.99. The summed E-state index contributed by atoms with van der Waals surface area (Å²) in [5.41, 5.74) is -0.764. The molecule has 80 valence electrons. The number of Topliss-reactive ketones (excluding diaryl/α,β-unsaturated/α-hetero) is 1. The maximum absolute atomic E-state index is 11.1. The van der Waals surface area contributed by atoms with Gasteiger partial charge in [0, 0.05) is 0 Å². The second-order valence-electron chi connectivity index (χ2n) is 2.83. The minimum atomic E-state index is -0.811. The van der Waals surface area contributed by atoms with Crippen molar-refractivity contribution in [3.8, 4) is 11.5 Å². The number of carbonyl (C=O) groups excluding carboxylic acids is 1. The van der Waals surface area contributed by atoms with Crippen molar-refractivity contribution in [2.24, 2.45) is 0 Å². The molecule has 0 saturated heterocycles. The van der Waals surface area contributed by atoms with Crippen molar-refractivity contribution in [2.45, 2.75) is 6.92 Å². The number of ketones is 1. The van der Waals surface area contributed by atoms with Crippen molar-refractivity contribution >= 4 is 11.5 Å². The van der Waals surface area contributed by atoms with E-state index in [4.69, 9.17) is 4.74 Å². The van der Waals surface area contributed by atoms with E-state index in [2.05, 4.69) is 0 Å². The van der Waals surface area contributed by atoms with E-state index < -0.39 is 22.1 Å². The Labute approximate surface area is 85.2 Å². The Balaban J connectivity index is 3.51. The van der Waals surface area contributed by atoms with Crippen LogP contribution in [-0.4, -0.2) is 22.9 Å². The smallest absolute Gasteiger partial charge is 0.325 e. The molecule has 0 fully saturated rings. The van der Waals surface area contributed by atoms with E-state index >= 15 is 0 Å². The van der Waals surface area contributed by atoms with E-state index in [-0.39, 0.29) is 11.3 Å². The highest BCUT2D eigenvalue weighted by Gasteiger charge is 2.25. The van der Waals surface area contributed by atoms with Crippen LogP contribution < -0.4 is 4.74 Å². The number of aromatic hydroxyl groups is 1. The summed E-state index contributed by atoms with van der Waals surface area (Å²) in [4.78, 5) is 20.9. The normalized spacial score (nSPS) is 9.73. The third kappa shape index (κ3) is 1.88. The van der Waals surface area contributed by atoms with Gasteiger partial charge in [-0.05, 0) is 19.1 Å². The minimum absolute atomic E-state index is 0.0355. The molecular weight excluding hydrogens is 202 g/mol. The number of hydrogen-bond acceptors (Lipinski definition) is 5. The van der Waals surface area contributed by atoms with Gasteiger partial charge in [-0.3, -0.25) is 14.9 Å². The number of methoxy groups -OCH3 is 1. The van der Waals surface area contributed by atoms with Crippen LogP contribution in [0.2, 0.25) is 0 Å². The maximum atomic E-state index is 11.1. The molecule has 15 heavy (non-hydrogen) atoms. The number of nitro groups is 1. The molecule has 1 aromatic carbocycles. The molecule has 0 bridgehead atoms. The number of carbonyl (C=O) groups is 1. The lowest BCUT2D eigenvalue weighted by Crippen LogP contribution is -2.01. The number of nitro benzene ring substituents is 1. The Morgan fingerprint density at radius 2 is 2.13 bits per heavy atom. The molecule has 1 aromatic rings. The van der Waals surface area contributed by atoms with Crippen LogP contribution in [0.4, 0.5) is 5.69 Å². The van der Waals surface area contributed by atoms with Crippen LogP contribution in [0, 0.1) is 10.1 Å². The number of ether oxygens (including phenoxy) is 1. The van der Waals surface area contributed by atoms with Crippen LogP contribution >= 0.6 is 0 Å². The molecule has 0 aliphatic carbocycles. The third-order valence-corrected chi connectivity index (χ3v) is 1.90. The molecule has 0 radical (unpaired) electrons. The maximum Gasteiger partial charge on any atom is 0.325 e. The Morgan fingerprint density at radius 1 is 1.53 bits per heavy atom. The molecule has 0 aromatic heterocycles. The molecule has 0 unspecified atom stereocenters. The highest BCUT2D eigenvalue weighted by Crippen LogP contribution is 2.38. The van der Waals surface area contributed by atoms with Gasteiger partial charge in [-0.1, -0.05) is 0 Å². The predicted molar refractivity (Wildman–Crippen MR) is 51.3 cm³/mol. The van der Waals surface area contributed by atoms with Gasteiger partial charge >= 0.3 is 5.69 Å². The van der Waals surface area contributed by atoms with Gasteiger partial charge in [-0.25, -0.2) is 0 Å². The number of phenols is 1. The molecule has 0 atom stereocenters. The standard InChI is InChI=1S/C9H9NO5/c1-5(11)6-3-4-7(15-2)9(12)8(6)10(13)14/h3-4,12H,1-2H3. The van der Waals surface area contributed by atoms with Gasteiger partial charge in [0.1, 0.15) is 0 Å². The summed E-state index contributed by atoms with van der Waals surface area (Å²) in [5, 5.41) is 20.1. The summed E-state index contributed by atoms with van der Waals surface area (Å²) >= 11 is 0. The zero-order valence-electron chi connectivity index (χ0n) is 8.18. The molecule has 0 aliphatic rings. The van der Waals surface area contributed by atoms with Gasteiger partial charge in [0.05, 0.1) is 17.6 Å². The van der Waals surface area contributed by atoms with E-state index in [0.29, 0.717) is 0 Å². The average molecular weight is 211 g/mol. The third-order valence-electron chi connectivity index (χ3n) is 1.90. The van der Waals surface area contributed by atoms with Gasteiger partial charge in [0.25, 0.3) is 0 Å². The van der Waals surface area contributed by atoms with Crippen molar-refractivity contribution < 1.29 is 19.6 Å². The molecule has 1 rings (SSSR count). The van der Waals surface area contributed by atoms with Gasteiger partial charge in [0.2, 0.25) is 5.75 Å². The summed E-state index contributed by atoms with van der Waals surface area (Å²) < 4.78 is 4.70. The van der Waals surface area contributed by atoms with E-state index in [1.165, 1.54) is 26.2 Å². The van der Waals surface area contributed by atoms with Crippen molar-refractivity contribution in [2.75, 3.05) is 7.11 Å². The second kappa shape index (κ2) is 3.95. The number of benzene rings is 1. The molecule has 1 N–H and O–H groups in total. The SMILES string of the molecule is COc1ccc(C(C)=O)c([N+](=O)[O-])c1O. The number of rotatable bonds is 3. The second-order valence-corrected chi connectivity index (χ2v) is 2.83. The summed E-state index contributed by atoms with van der Waals surface area (Å²) in [5.74, 6) is -1.15. The first kappa shape index (κ1) is 11.0. The summed E-state index contributed by atoms with van der Waals surface area (Å²) in [6.07, 6.45) is 0. The molecule has 0 aliphatic heterocycles. The quantitative estimate of drug-likeness (QED) is 0.465. The van der Waals surface area contributed by atoms with E-state index in [0.717, 1.165) is 0 Å². The highest BCUT2D eigenvalue weighted by molar-refractivity contribution is 5.99. The molecule has 0 amide bonds. The summed E-state index contributed by atoms with van der Waals surface area (Å²) in [6, 6.07) is 2.55. The van der Waals surface area contributed by atoms with E-state index in [1.807, 2.05) is 0 Å². The van der Waals surface area contributed by atoms with Crippen LogP contribution in [0.3, 0.4) is 0 Å². The first-order valence-corrected chi connectivity index (χ1v) is 4.04. The monoisotopic (exact) mass is 211 g/mol. The predicted octanol–water partition coefficient (Wildman–Crippen LogP) is 1.51. The van der Waals surface area contributed by atoms with Gasteiger partial charge in [-0.2, -0.15) is 0 Å². The number of hydrogen-bond donors (Lipinski definition) is 1. The zero-order chi connectivity index (χ0) is 11.6. The van der Waals surface area contributed by atoms with Gasteiger partial charge in [-0.15, -0.1) is 0 Å². The van der Waals surface area contributed by atoms with Crippen molar-refractivity contribution in [1.29, 1.82) is 0 Å². The van der Waals surface area contributed by atoms with Crippen LogP contribution in [0.5, 0.6) is 11.5 Å². The number of phenolic OH excluding ortho intramolecular Hbond substituents is 1. The van der Waals surface area contributed by atoms with Crippen LogP contribution in [0.25, 0.3) is 0 Å². The largest absolute Gasteiger partial charge is 0.499 e. The number of nitrogens with zero attached hydrogens (tertiary/aromatic N) is 1. The highest BCUT2D eigenvalue weighted by atomic mass is 16.6. The fourth-order valence-corrected chi connectivity index (χ4v) is 1.19. The van der Waals surface area contributed by atoms with Crippen LogP contribution in [-0.2, 0) is 0 Å². The molecule has 6 heteroatoms. The van der Waals surface area contributed by atoms with Crippen molar-refractivity contribution in [1.82, 2.24) is 0 Å². The Morgan fingerprint density at radius 3 is 2.53 bits per heavy atom. The fourth-order valence-electron chi connectivity index (χ4n) is 1.19. The Bertz CT molecular complexity index is 427. The van der Waals surface area contributed by atoms with E-state index in [1.54, 1.807) is 0 Å². The molecule has 0 spiro atoms. The van der Waals surface area contributed by atoms with Crippen molar-refractivity contribution in [3.05, 3.63) is 27.8 Å². The molecule has 6 nitrogen and oxygen atoms in total. The Kier molecular flexibility index (Phi) is 2.89. The first-order valence-electron chi connectivity index (χ1n) is 4.04. The van der Waals surface area contributed by atoms with Gasteiger partial charge in [0.15, 0.2) is 11.5 Å². The average Bonchev–Trinajstić information content (AvgIpc) is 2.16. The molecule has 0 heterocycles. The lowest BCUT2D eigenvalue weighted by atomic mass is 10.1. The molecular formula is C9H9NO5. The minimum Gasteiger partial charge on any atom is -0.499 e. The van der Waals surface area contributed by atoms with Crippen LogP contribution in [0.1, 0.15) is 17.3 Å². The lowest BCUT2D eigenvalue weighted by Gasteiger charge is -2.05. The Hall–Kier alpha value is -2.11. The fraction of sp³-hybridized carbons (Fsp3) is 0.222. The van der Waals surface area contributed by atoms with Gasteiger partial charge < -0.3 is 9.84 Å². The molecule has 0 saturated carbocycles. The van der Waals surface area contributed by atoms with E-state index in [9.17, 15) is 20.0 Å². The topological polar surface area (TPSA) is 89.7 Å². The summed E-state index contributed by atoms with van der Waals surface area (Å²) in [6.45, 7) is 1.19. The van der Waals surface area contributed by atoms with Crippen LogP contribution in [0.15, 0.2) is 12.1 Å². The zero-order valence-corrected chi connectivity index (χ0v) is 8.18. The van der Waals surface area contributed by atoms with Crippen molar-refractivity contribution in [3.63, 3.8) is 0 Å². The summed E-state index contributed by atoms with van der Waals surface area (Å²) in [7, 11) is 1.27.